The maximum atomic E-state index is 12.4. The average Bonchev–Trinajstić information content (AvgIpc) is 2.15. The highest BCUT2D eigenvalue weighted by Crippen LogP contribution is 2.28. The van der Waals surface area contributed by atoms with Gasteiger partial charge in [-0.2, -0.15) is 13.2 Å². The zero-order chi connectivity index (χ0) is 11.9. The van der Waals surface area contributed by atoms with Crippen molar-refractivity contribution in [3.8, 4) is 0 Å². The molecule has 0 aliphatic rings. The third-order valence-electron chi connectivity index (χ3n) is 2.03. The van der Waals surface area contributed by atoms with Crippen molar-refractivity contribution < 1.29 is 17.6 Å². The van der Waals surface area contributed by atoms with E-state index < -0.39 is 17.5 Å². The van der Waals surface area contributed by atoms with Crippen LogP contribution in [0.15, 0.2) is 27.4 Å². The van der Waals surface area contributed by atoms with Gasteiger partial charge in [-0.3, -0.25) is 0 Å². The molecule has 0 unspecified atom stereocenters. The summed E-state index contributed by atoms with van der Waals surface area (Å²) in [5.41, 5.74) is -1.72. The van der Waals surface area contributed by atoms with Crippen molar-refractivity contribution in [1.29, 1.82) is 0 Å². The Bertz CT molecular complexity index is 601. The van der Waals surface area contributed by atoms with Gasteiger partial charge in [-0.05, 0) is 19.1 Å². The zero-order valence-electron chi connectivity index (χ0n) is 8.13. The first-order chi connectivity index (χ1) is 7.38. The molecule has 2 rings (SSSR count). The standard InChI is InChI=1S/C10H6F3NO2/c1-5-4-7-6(9(15)16-5)2-3-8(14-7)10(11,12)13/h2-4H,1H3. The first-order valence-electron chi connectivity index (χ1n) is 4.36. The van der Waals surface area contributed by atoms with Crippen LogP contribution < -0.4 is 5.63 Å². The van der Waals surface area contributed by atoms with E-state index in [1.807, 2.05) is 0 Å². The number of pyridine rings is 1. The Morgan fingerprint density at radius 2 is 2.00 bits per heavy atom. The van der Waals surface area contributed by atoms with E-state index in [1.165, 1.54) is 13.0 Å². The lowest BCUT2D eigenvalue weighted by Crippen LogP contribution is -2.09. The van der Waals surface area contributed by atoms with Crippen molar-refractivity contribution in [3.05, 3.63) is 40.1 Å². The quantitative estimate of drug-likeness (QED) is 0.697. The Morgan fingerprint density at radius 1 is 1.31 bits per heavy atom. The fourth-order valence-corrected chi connectivity index (χ4v) is 1.34. The fourth-order valence-electron chi connectivity index (χ4n) is 1.34. The topological polar surface area (TPSA) is 43.1 Å². The number of aromatic nitrogens is 1. The van der Waals surface area contributed by atoms with Crippen LogP contribution >= 0.6 is 0 Å². The second kappa shape index (κ2) is 3.33. The molecule has 0 amide bonds. The lowest BCUT2D eigenvalue weighted by molar-refractivity contribution is -0.140. The van der Waals surface area contributed by atoms with Gasteiger partial charge < -0.3 is 4.42 Å². The van der Waals surface area contributed by atoms with Gasteiger partial charge in [0.05, 0.1) is 10.9 Å². The molecule has 0 atom stereocenters. The molecular formula is C10H6F3NO2. The van der Waals surface area contributed by atoms with E-state index in [1.54, 1.807) is 0 Å². The molecule has 84 valence electrons. The molecule has 2 aromatic rings. The van der Waals surface area contributed by atoms with Crippen molar-refractivity contribution in [3.63, 3.8) is 0 Å². The average molecular weight is 229 g/mol. The van der Waals surface area contributed by atoms with Gasteiger partial charge >= 0.3 is 11.8 Å². The summed E-state index contributed by atoms with van der Waals surface area (Å²) in [7, 11) is 0. The molecule has 0 saturated heterocycles. The molecule has 0 aliphatic heterocycles. The van der Waals surface area contributed by atoms with Crippen LogP contribution in [-0.2, 0) is 6.18 Å². The second-order valence-corrected chi connectivity index (χ2v) is 3.27. The smallest absolute Gasteiger partial charge is 0.428 e. The number of alkyl halides is 3. The molecule has 0 radical (unpaired) electrons. The van der Waals surface area contributed by atoms with Crippen LogP contribution in [0.4, 0.5) is 13.2 Å². The Kier molecular flexibility index (Phi) is 2.22. The lowest BCUT2D eigenvalue weighted by atomic mass is 10.2. The monoisotopic (exact) mass is 229 g/mol. The van der Waals surface area contributed by atoms with Gasteiger partial charge in [0.25, 0.3) is 0 Å². The number of aryl methyl sites for hydroxylation is 1. The Morgan fingerprint density at radius 3 is 2.62 bits per heavy atom. The summed E-state index contributed by atoms with van der Waals surface area (Å²) in [5.74, 6) is 0.226. The molecule has 16 heavy (non-hydrogen) atoms. The minimum absolute atomic E-state index is 0.0106. The number of fused-ring (bicyclic) bond motifs is 1. The number of rotatable bonds is 0. The molecular weight excluding hydrogens is 223 g/mol. The first-order valence-corrected chi connectivity index (χ1v) is 4.36. The molecule has 0 spiro atoms. The summed E-state index contributed by atoms with van der Waals surface area (Å²) in [6.45, 7) is 1.47. The highest BCUT2D eigenvalue weighted by Gasteiger charge is 2.32. The van der Waals surface area contributed by atoms with Gasteiger partial charge in [0.1, 0.15) is 11.5 Å². The molecule has 3 nitrogen and oxygen atoms in total. The zero-order valence-corrected chi connectivity index (χ0v) is 8.13. The number of hydrogen-bond acceptors (Lipinski definition) is 3. The van der Waals surface area contributed by atoms with Crippen molar-refractivity contribution in [2.24, 2.45) is 0 Å². The molecule has 0 aliphatic carbocycles. The van der Waals surface area contributed by atoms with E-state index in [0.29, 0.717) is 0 Å². The first kappa shape index (κ1) is 10.7. The maximum Gasteiger partial charge on any atom is 0.433 e. The Balaban J connectivity index is 2.76. The van der Waals surface area contributed by atoms with Crippen LogP contribution in [0.1, 0.15) is 11.5 Å². The predicted molar refractivity (Wildman–Crippen MR) is 50.0 cm³/mol. The minimum Gasteiger partial charge on any atom is -0.428 e. The summed E-state index contributed by atoms with van der Waals surface area (Å²) in [6, 6.07) is 3.12. The maximum absolute atomic E-state index is 12.4. The van der Waals surface area contributed by atoms with Crippen molar-refractivity contribution in [2.45, 2.75) is 13.1 Å². The molecule has 0 saturated carbocycles. The van der Waals surface area contributed by atoms with Crippen LogP contribution in [0.3, 0.4) is 0 Å². The van der Waals surface area contributed by atoms with Gasteiger partial charge in [0.2, 0.25) is 0 Å². The number of halogens is 3. The molecule has 0 fully saturated rings. The molecule has 0 aromatic carbocycles. The largest absolute Gasteiger partial charge is 0.433 e. The van der Waals surface area contributed by atoms with Crippen molar-refractivity contribution in [1.82, 2.24) is 4.98 Å². The highest BCUT2D eigenvalue weighted by atomic mass is 19.4. The van der Waals surface area contributed by atoms with Gasteiger partial charge in [-0.15, -0.1) is 0 Å². The van der Waals surface area contributed by atoms with Gasteiger partial charge in [-0.1, -0.05) is 0 Å². The van der Waals surface area contributed by atoms with E-state index in [4.69, 9.17) is 4.42 Å². The highest BCUT2D eigenvalue weighted by molar-refractivity contribution is 5.77. The summed E-state index contributed by atoms with van der Waals surface area (Å²) in [4.78, 5) is 14.7. The van der Waals surface area contributed by atoms with Gasteiger partial charge in [-0.25, -0.2) is 9.78 Å². The van der Waals surface area contributed by atoms with Crippen LogP contribution in [0, 0.1) is 6.92 Å². The Labute approximate surface area is 87.5 Å². The van der Waals surface area contributed by atoms with Crippen molar-refractivity contribution >= 4 is 10.9 Å². The number of nitrogens with zero attached hydrogens (tertiary/aromatic N) is 1. The minimum atomic E-state index is -4.52. The van der Waals surface area contributed by atoms with E-state index in [2.05, 4.69) is 4.98 Å². The molecule has 2 heterocycles. The molecule has 2 aromatic heterocycles. The van der Waals surface area contributed by atoms with E-state index in [0.717, 1.165) is 12.1 Å². The third-order valence-corrected chi connectivity index (χ3v) is 2.03. The number of hydrogen-bond donors (Lipinski definition) is 0. The fraction of sp³-hybridized carbons (Fsp3) is 0.200. The van der Waals surface area contributed by atoms with Gasteiger partial charge in [0.15, 0.2) is 0 Å². The van der Waals surface area contributed by atoms with Crippen LogP contribution in [0.2, 0.25) is 0 Å². The summed E-state index contributed by atoms with van der Waals surface area (Å²) in [6.07, 6.45) is -4.52. The van der Waals surface area contributed by atoms with E-state index in [9.17, 15) is 18.0 Å². The van der Waals surface area contributed by atoms with Crippen LogP contribution in [0.25, 0.3) is 10.9 Å². The molecule has 0 bridgehead atoms. The van der Waals surface area contributed by atoms with E-state index >= 15 is 0 Å². The van der Waals surface area contributed by atoms with Crippen molar-refractivity contribution in [2.75, 3.05) is 0 Å². The normalized spacial score (nSPS) is 12.0. The third kappa shape index (κ3) is 1.78. The van der Waals surface area contributed by atoms with Crippen LogP contribution in [-0.4, -0.2) is 4.98 Å². The van der Waals surface area contributed by atoms with Gasteiger partial charge in [0, 0.05) is 6.07 Å². The van der Waals surface area contributed by atoms with Crippen LogP contribution in [0.5, 0.6) is 0 Å². The molecule has 0 N–H and O–H groups in total. The summed E-state index contributed by atoms with van der Waals surface area (Å²) in [5, 5.41) is 0.0404. The Hall–Kier alpha value is -1.85. The lowest BCUT2D eigenvalue weighted by Gasteiger charge is -2.06. The summed E-state index contributed by atoms with van der Waals surface area (Å²) >= 11 is 0. The second-order valence-electron chi connectivity index (χ2n) is 3.27. The molecule has 6 heteroatoms. The summed E-state index contributed by atoms with van der Waals surface area (Å²) < 4.78 is 41.8. The van der Waals surface area contributed by atoms with E-state index in [-0.39, 0.29) is 16.7 Å². The predicted octanol–water partition coefficient (Wildman–Crippen LogP) is 2.52. The SMILES string of the molecule is Cc1cc2nc(C(F)(F)F)ccc2c(=O)o1.